The zero-order valence-corrected chi connectivity index (χ0v) is 12.6. The Morgan fingerprint density at radius 1 is 0.792 bits per heavy atom. The summed E-state index contributed by atoms with van der Waals surface area (Å²) in [6.45, 7) is 0. The predicted octanol–water partition coefficient (Wildman–Crippen LogP) is 3.26. The lowest BCUT2D eigenvalue weighted by atomic mass is 10.3. The van der Waals surface area contributed by atoms with E-state index < -0.39 is 0 Å². The second-order valence-electron chi connectivity index (χ2n) is 4.57. The minimum absolute atomic E-state index is 0.845. The number of nitrogens with one attached hydrogen (secondary N) is 1. The minimum atomic E-state index is 0.845. The Hall–Kier alpha value is -3.61. The number of para-hydroxylation sites is 3. The molecule has 0 radical (unpaired) electrons. The predicted molar refractivity (Wildman–Crippen MR) is 89.9 cm³/mol. The van der Waals surface area contributed by atoms with E-state index in [1.54, 1.807) is 0 Å². The molecule has 118 valence electrons. The van der Waals surface area contributed by atoms with Crippen molar-refractivity contribution in [3.8, 4) is 0 Å². The molecular formula is C17H14N6O. The number of oxazole rings is 1. The van der Waals surface area contributed by atoms with Crippen LogP contribution in [-0.2, 0) is 0 Å². The van der Waals surface area contributed by atoms with E-state index in [0.29, 0.717) is 0 Å². The van der Waals surface area contributed by atoms with Crippen molar-refractivity contribution in [1.82, 2.24) is 30.1 Å². The van der Waals surface area contributed by atoms with E-state index in [1.807, 2.05) is 54.7 Å². The number of fused-ring (bicyclic) bond motifs is 2. The first kappa shape index (κ1) is 15.3. The fourth-order valence-electron chi connectivity index (χ4n) is 1.89. The maximum absolute atomic E-state index is 5.01. The van der Waals surface area contributed by atoms with Crippen LogP contribution in [0.15, 0.2) is 84.5 Å². The molecule has 0 unspecified atom stereocenters. The third kappa shape index (κ3) is 4.20. The molecule has 0 aliphatic rings. The molecule has 0 spiro atoms. The van der Waals surface area contributed by atoms with Crippen molar-refractivity contribution in [1.29, 1.82) is 0 Å². The maximum Gasteiger partial charge on any atom is 0.181 e. The zero-order valence-electron chi connectivity index (χ0n) is 12.6. The molecule has 0 fully saturated rings. The van der Waals surface area contributed by atoms with Crippen LogP contribution >= 0.6 is 0 Å². The van der Waals surface area contributed by atoms with Gasteiger partial charge in [-0.05, 0) is 18.2 Å². The topological polar surface area (TPSA) is 93.4 Å². The van der Waals surface area contributed by atoms with Gasteiger partial charge in [0.2, 0.25) is 0 Å². The summed E-state index contributed by atoms with van der Waals surface area (Å²) in [7, 11) is 0. The Bertz CT molecular complexity index is 827. The summed E-state index contributed by atoms with van der Waals surface area (Å²) in [5, 5.41) is 7.91. The average Bonchev–Trinajstić information content (AvgIpc) is 3.33. The Balaban J connectivity index is 0.000000108. The molecule has 24 heavy (non-hydrogen) atoms. The van der Waals surface area contributed by atoms with E-state index in [0.717, 1.165) is 22.0 Å². The Kier molecular flexibility index (Phi) is 5.18. The van der Waals surface area contributed by atoms with Crippen LogP contribution in [0.4, 0.5) is 0 Å². The normalized spacial score (nSPS) is 9.67. The Labute approximate surface area is 137 Å². The fraction of sp³-hybridized carbons (Fsp3) is 0. The standard InChI is InChI=1S/C7H6N2.C7H5NO.C3H3N3/c1-2-4-7-6(3-1)5-8-9-7;1-2-4-7-6(3-1)8-5-9-7;1-4-2-6-3-5-1/h1-5H,(H,8,9);1-5H;1-3H. The smallest absolute Gasteiger partial charge is 0.181 e. The SMILES string of the molecule is c1ccc2[nH]ncc2c1.c1ccc2ocnc2c1.c1ncncn1. The van der Waals surface area contributed by atoms with Crippen LogP contribution in [-0.4, -0.2) is 30.1 Å². The molecular weight excluding hydrogens is 304 g/mol. The van der Waals surface area contributed by atoms with E-state index in [4.69, 9.17) is 4.42 Å². The fourth-order valence-corrected chi connectivity index (χ4v) is 1.89. The van der Waals surface area contributed by atoms with Gasteiger partial charge in [-0.2, -0.15) is 5.10 Å². The molecule has 0 aliphatic carbocycles. The zero-order chi connectivity index (χ0) is 16.5. The molecule has 7 nitrogen and oxygen atoms in total. The van der Waals surface area contributed by atoms with E-state index >= 15 is 0 Å². The van der Waals surface area contributed by atoms with Crippen molar-refractivity contribution in [2.45, 2.75) is 0 Å². The first-order valence-electron chi connectivity index (χ1n) is 7.15. The molecule has 7 heteroatoms. The molecule has 1 N–H and O–H groups in total. The number of H-pyrrole nitrogens is 1. The highest BCUT2D eigenvalue weighted by Gasteiger charge is 1.91. The molecule has 5 aromatic rings. The first-order valence-corrected chi connectivity index (χ1v) is 7.15. The van der Waals surface area contributed by atoms with Crippen LogP contribution in [0.3, 0.4) is 0 Å². The number of aromatic nitrogens is 6. The number of hydrogen-bond acceptors (Lipinski definition) is 6. The number of benzene rings is 2. The van der Waals surface area contributed by atoms with Gasteiger partial charge in [0.05, 0.1) is 11.7 Å². The average molecular weight is 318 g/mol. The van der Waals surface area contributed by atoms with Crippen LogP contribution in [0, 0.1) is 0 Å². The van der Waals surface area contributed by atoms with Gasteiger partial charge in [0.15, 0.2) is 12.0 Å². The Morgan fingerprint density at radius 2 is 1.50 bits per heavy atom. The summed E-state index contributed by atoms with van der Waals surface area (Å²) in [6.07, 6.45) is 7.58. The lowest BCUT2D eigenvalue weighted by Gasteiger charge is -1.81. The van der Waals surface area contributed by atoms with Gasteiger partial charge in [-0.3, -0.25) is 5.10 Å². The van der Waals surface area contributed by atoms with Crippen molar-refractivity contribution >= 4 is 22.0 Å². The molecule has 0 bridgehead atoms. The van der Waals surface area contributed by atoms with Crippen molar-refractivity contribution in [3.63, 3.8) is 0 Å². The van der Waals surface area contributed by atoms with Crippen molar-refractivity contribution in [2.24, 2.45) is 0 Å². The van der Waals surface area contributed by atoms with Gasteiger partial charge < -0.3 is 4.42 Å². The van der Waals surface area contributed by atoms with Gasteiger partial charge in [-0.1, -0.05) is 30.3 Å². The molecule has 0 saturated carbocycles. The molecule has 3 heterocycles. The first-order chi connectivity index (χ1) is 11.9. The molecule has 0 amide bonds. The van der Waals surface area contributed by atoms with Crippen LogP contribution in [0.1, 0.15) is 0 Å². The van der Waals surface area contributed by atoms with Crippen LogP contribution in [0.5, 0.6) is 0 Å². The molecule has 0 aliphatic heterocycles. The molecule has 3 aromatic heterocycles. The van der Waals surface area contributed by atoms with Crippen molar-refractivity contribution in [2.75, 3.05) is 0 Å². The molecule has 5 rings (SSSR count). The van der Waals surface area contributed by atoms with Gasteiger partial charge in [0, 0.05) is 5.39 Å². The summed E-state index contributed by atoms with van der Waals surface area (Å²) in [6, 6.07) is 15.7. The van der Waals surface area contributed by atoms with E-state index in [-0.39, 0.29) is 0 Å². The summed E-state index contributed by atoms with van der Waals surface area (Å²) < 4.78 is 5.01. The number of hydrogen-bond donors (Lipinski definition) is 1. The van der Waals surface area contributed by atoms with Gasteiger partial charge >= 0.3 is 0 Å². The van der Waals surface area contributed by atoms with Gasteiger partial charge in [-0.15, -0.1) is 0 Å². The molecule has 0 saturated heterocycles. The van der Waals surface area contributed by atoms with Gasteiger partial charge in [-0.25, -0.2) is 19.9 Å². The third-order valence-corrected chi connectivity index (χ3v) is 2.99. The van der Waals surface area contributed by atoms with E-state index in [1.165, 1.54) is 25.4 Å². The molecule has 2 aromatic carbocycles. The van der Waals surface area contributed by atoms with Gasteiger partial charge in [0.1, 0.15) is 24.5 Å². The van der Waals surface area contributed by atoms with Crippen LogP contribution in [0.2, 0.25) is 0 Å². The monoisotopic (exact) mass is 318 g/mol. The van der Waals surface area contributed by atoms with Crippen molar-refractivity contribution < 1.29 is 4.42 Å². The number of rotatable bonds is 0. The van der Waals surface area contributed by atoms with Crippen LogP contribution < -0.4 is 0 Å². The summed E-state index contributed by atoms with van der Waals surface area (Å²) in [4.78, 5) is 14.6. The minimum Gasteiger partial charge on any atom is -0.443 e. The van der Waals surface area contributed by atoms with E-state index in [9.17, 15) is 0 Å². The highest BCUT2D eigenvalue weighted by molar-refractivity contribution is 5.77. The quantitative estimate of drug-likeness (QED) is 0.471. The number of nitrogens with zero attached hydrogens (tertiary/aromatic N) is 5. The second kappa shape index (κ2) is 8.14. The number of aromatic amines is 1. The summed E-state index contributed by atoms with van der Waals surface area (Å²) in [5.74, 6) is 0. The summed E-state index contributed by atoms with van der Waals surface area (Å²) in [5.41, 5.74) is 2.85. The van der Waals surface area contributed by atoms with Gasteiger partial charge in [0.25, 0.3) is 0 Å². The lowest BCUT2D eigenvalue weighted by molar-refractivity contribution is 0.602. The lowest BCUT2D eigenvalue weighted by Crippen LogP contribution is -1.73. The van der Waals surface area contributed by atoms with Crippen molar-refractivity contribution in [3.05, 3.63) is 80.1 Å². The second-order valence-corrected chi connectivity index (χ2v) is 4.57. The Morgan fingerprint density at radius 3 is 2.21 bits per heavy atom. The molecule has 0 atom stereocenters. The maximum atomic E-state index is 5.01. The third-order valence-electron chi connectivity index (χ3n) is 2.99. The van der Waals surface area contributed by atoms with E-state index in [2.05, 4.69) is 30.1 Å². The summed E-state index contributed by atoms with van der Waals surface area (Å²) >= 11 is 0. The van der Waals surface area contributed by atoms with Crippen LogP contribution in [0.25, 0.3) is 22.0 Å². The highest BCUT2D eigenvalue weighted by atomic mass is 16.3. The largest absolute Gasteiger partial charge is 0.443 e. The highest BCUT2D eigenvalue weighted by Crippen LogP contribution is 2.09.